The van der Waals surface area contributed by atoms with Crippen molar-refractivity contribution >= 4 is 10.9 Å². The molecule has 1 atom stereocenters. The molecule has 1 saturated carbocycles. The maximum Gasteiger partial charge on any atom is 0.123 e. The molecule has 0 saturated heterocycles. The molecule has 0 aliphatic heterocycles. The zero-order valence-corrected chi connectivity index (χ0v) is 13.7. The van der Waals surface area contributed by atoms with E-state index in [9.17, 15) is 4.39 Å². The number of benzene rings is 2. The molecule has 124 valence electrons. The Balaban J connectivity index is 1.48. The van der Waals surface area contributed by atoms with Gasteiger partial charge in [0.25, 0.3) is 0 Å². The predicted octanol–water partition coefficient (Wildman–Crippen LogP) is 5.28. The maximum atomic E-state index is 13.6. The van der Waals surface area contributed by atoms with Crippen molar-refractivity contribution in [1.82, 2.24) is 4.98 Å². The highest BCUT2D eigenvalue weighted by molar-refractivity contribution is 5.83. The fraction of sp³-hybridized carbons (Fsp3) is 0.333. The van der Waals surface area contributed by atoms with Crippen LogP contribution in [0.2, 0.25) is 0 Å². The molecule has 3 aromatic rings. The highest BCUT2D eigenvalue weighted by Gasteiger charge is 2.28. The third-order valence-electron chi connectivity index (χ3n) is 5.58. The fourth-order valence-electron chi connectivity index (χ4n) is 4.19. The van der Waals surface area contributed by atoms with Gasteiger partial charge in [-0.3, -0.25) is 0 Å². The minimum absolute atomic E-state index is 0.118. The number of halogens is 1. The van der Waals surface area contributed by atoms with E-state index in [0.717, 1.165) is 36.6 Å². The molecule has 0 radical (unpaired) electrons. The summed E-state index contributed by atoms with van der Waals surface area (Å²) in [5, 5.41) is 1.03. The molecule has 24 heavy (non-hydrogen) atoms. The van der Waals surface area contributed by atoms with Gasteiger partial charge in [-0.1, -0.05) is 30.3 Å². The fourth-order valence-corrected chi connectivity index (χ4v) is 4.19. The second-order valence-corrected chi connectivity index (χ2v) is 6.98. The van der Waals surface area contributed by atoms with Gasteiger partial charge in [-0.15, -0.1) is 0 Å². The average Bonchev–Trinajstić information content (AvgIpc) is 3.05. The summed E-state index contributed by atoms with van der Waals surface area (Å²) >= 11 is 0. The monoisotopic (exact) mass is 322 g/mol. The summed E-state index contributed by atoms with van der Waals surface area (Å²) in [4.78, 5) is 3.28. The van der Waals surface area contributed by atoms with Crippen LogP contribution in [0.5, 0.6) is 0 Å². The van der Waals surface area contributed by atoms with Crippen LogP contribution < -0.4 is 5.73 Å². The molecule has 0 bridgehead atoms. The molecule has 1 fully saturated rings. The van der Waals surface area contributed by atoms with Crippen molar-refractivity contribution in [3.63, 3.8) is 0 Å². The molecule has 2 aromatic carbocycles. The number of hydrogen-bond acceptors (Lipinski definition) is 1. The highest BCUT2D eigenvalue weighted by Crippen LogP contribution is 2.42. The molecule has 0 amide bonds. The highest BCUT2D eigenvalue weighted by atomic mass is 19.1. The Bertz CT molecular complexity index is 816. The largest absolute Gasteiger partial charge is 0.361 e. The van der Waals surface area contributed by atoms with Crippen molar-refractivity contribution < 1.29 is 4.39 Å². The molecule has 2 nitrogen and oxygen atoms in total. The summed E-state index contributed by atoms with van der Waals surface area (Å²) in [6, 6.07) is 15.5. The summed E-state index contributed by atoms with van der Waals surface area (Å²) in [6.07, 6.45) is 6.56. The van der Waals surface area contributed by atoms with E-state index in [2.05, 4.69) is 35.4 Å². The lowest BCUT2D eigenvalue weighted by molar-refractivity contribution is 0.285. The first-order valence-corrected chi connectivity index (χ1v) is 8.79. The number of nitrogens with two attached hydrogens (primary N) is 1. The Morgan fingerprint density at radius 2 is 1.75 bits per heavy atom. The van der Waals surface area contributed by atoms with Gasteiger partial charge < -0.3 is 10.7 Å². The van der Waals surface area contributed by atoms with Gasteiger partial charge >= 0.3 is 0 Å². The number of fused-ring (bicyclic) bond motifs is 1. The van der Waals surface area contributed by atoms with Gasteiger partial charge in [-0.2, -0.15) is 0 Å². The van der Waals surface area contributed by atoms with Crippen molar-refractivity contribution in [3.05, 3.63) is 71.7 Å². The number of nitrogens with one attached hydrogen (secondary N) is 1. The maximum absolute atomic E-state index is 13.6. The Morgan fingerprint density at radius 3 is 2.50 bits per heavy atom. The molecule has 3 N–H and O–H groups in total. The Morgan fingerprint density at radius 1 is 1.00 bits per heavy atom. The Kier molecular flexibility index (Phi) is 4.11. The molecule has 4 rings (SSSR count). The van der Waals surface area contributed by atoms with E-state index in [0.29, 0.717) is 11.8 Å². The van der Waals surface area contributed by atoms with Crippen molar-refractivity contribution in [2.75, 3.05) is 0 Å². The number of rotatable bonds is 3. The number of hydrogen-bond donors (Lipinski definition) is 2. The normalized spacial score (nSPS) is 22.6. The summed E-state index contributed by atoms with van der Waals surface area (Å²) in [6.45, 7) is 0. The minimum Gasteiger partial charge on any atom is -0.361 e. The lowest BCUT2D eigenvalue weighted by atomic mass is 9.75. The van der Waals surface area contributed by atoms with Crippen molar-refractivity contribution in [2.24, 2.45) is 11.7 Å². The van der Waals surface area contributed by atoms with Gasteiger partial charge in [0.1, 0.15) is 5.82 Å². The van der Waals surface area contributed by atoms with Crippen LogP contribution in [-0.4, -0.2) is 4.98 Å². The Hall–Kier alpha value is -2.13. The molecule has 1 aromatic heterocycles. The van der Waals surface area contributed by atoms with E-state index in [4.69, 9.17) is 5.73 Å². The molecular formula is C21H23FN2. The number of aromatic nitrogens is 1. The van der Waals surface area contributed by atoms with Crippen LogP contribution in [0.25, 0.3) is 10.9 Å². The third-order valence-corrected chi connectivity index (χ3v) is 5.58. The molecule has 1 aliphatic carbocycles. The lowest BCUT2D eigenvalue weighted by Crippen LogP contribution is -2.25. The number of H-pyrrole nitrogens is 1. The van der Waals surface area contributed by atoms with E-state index in [1.165, 1.54) is 17.2 Å². The van der Waals surface area contributed by atoms with Crippen LogP contribution in [0.3, 0.4) is 0 Å². The predicted molar refractivity (Wildman–Crippen MR) is 96.3 cm³/mol. The minimum atomic E-state index is -0.164. The standard InChI is InChI=1S/C21H23FN2/c22-17-10-11-20-18(12-17)19(13-24-20)14-6-8-16(9-7-14)21(23)15-4-2-1-3-5-15/h1-5,10-14,16,21,24H,6-9,23H2/t14-,16-,21?. The number of aromatic amines is 1. The first kappa shape index (κ1) is 15.4. The zero-order valence-electron chi connectivity index (χ0n) is 13.7. The van der Waals surface area contributed by atoms with E-state index in [1.54, 1.807) is 6.07 Å². The lowest BCUT2D eigenvalue weighted by Gasteiger charge is -2.32. The van der Waals surface area contributed by atoms with Crippen LogP contribution in [0.4, 0.5) is 4.39 Å². The topological polar surface area (TPSA) is 41.8 Å². The summed E-state index contributed by atoms with van der Waals surface area (Å²) in [5.41, 5.74) is 10.0. The van der Waals surface area contributed by atoms with Crippen LogP contribution in [0.1, 0.15) is 48.8 Å². The van der Waals surface area contributed by atoms with Crippen molar-refractivity contribution in [2.45, 2.75) is 37.6 Å². The summed E-state index contributed by atoms with van der Waals surface area (Å²) in [5.74, 6) is 0.869. The average molecular weight is 322 g/mol. The molecular weight excluding hydrogens is 299 g/mol. The first-order chi connectivity index (χ1) is 11.7. The van der Waals surface area contributed by atoms with Gasteiger partial charge in [0, 0.05) is 23.1 Å². The second-order valence-electron chi connectivity index (χ2n) is 6.98. The van der Waals surface area contributed by atoms with Crippen molar-refractivity contribution in [3.8, 4) is 0 Å². The SMILES string of the molecule is NC(c1ccccc1)[C@H]1CC[C@H](c2c[nH]c3ccc(F)cc32)CC1. The summed E-state index contributed by atoms with van der Waals surface area (Å²) < 4.78 is 13.6. The molecule has 1 unspecified atom stereocenters. The Labute approximate surface area is 141 Å². The van der Waals surface area contributed by atoms with Crippen LogP contribution in [-0.2, 0) is 0 Å². The van der Waals surface area contributed by atoms with E-state index in [-0.39, 0.29) is 11.9 Å². The van der Waals surface area contributed by atoms with Crippen LogP contribution >= 0.6 is 0 Å². The van der Waals surface area contributed by atoms with Crippen LogP contribution in [0, 0.1) is 11.7 Å². The van der Waals surface area contributed by atoms with Gasteiger partial charge in [0.05, 0.1) is 0 Å². The van der Waals surface area contributed by atoms with E-state index >= 15 is 0 Å². The van der Waals surface area contributed by atoms with Crippen molar-refractivity contribution in [1.29, 1.82) is 0 Å². The first-order valence-electron chi connectivity index (χ1n) is 8.79. The van der Waals surface area contributed by atoms with Gasteiger partial charge in [-0.25, -0.2) is 4.39 Å². The smallest absolute Gasteiger partial charge is 0.123 e. The molecule has 1 aliphatic rings. The van der Waals surface area contributed by atoms with E-state index in [1.807, 2.05) is 12.1 Å². The van der Waals surface area contributed by atoms with Crippen LogP contribution in [0.15, 0.2) is 54.7 Å². The zero-order chi connectivity index (χ0) is 16.5. The molecule has 3 heteroatoms. The molecule has 0 spiro atoms. The second kappa shape index (κ2) is 6.40. The summed E-state index contributed by atoms with van der Waals surface area (Å²) in [7, 11) is 0. The van der Waals surface area contributed by atoms with Gasteiger partial charge in [-0.05, 0) is 66.8 Å². The molecule has 1 heterocycles. The quantitative estimate of drug-likeness (QED) is 0.676. The van der Waals surface area contributed by atoms with Gasteiger partial charge in [0.2, 0.25) is 0 Å². The van der Waals surface area contributed by atoms with Gasteiger partial charge in [0.15, 0.2) is 0 Å². The van der Waals surface area contributed by atoms with E-state index < -0.39 is 0 Å². The third kappa shape index (κ3) is 2.84.